The van der Waals surface area contributed by atoms with Crippen LogP contribution in [0.25, 0.3) is 43.8 Å². The molecular formula is C51H38N2O2. The average Bonchev–Trinajstić information content (AvgIpc) is 3.23. The van der Waals surface area contributed by atoms with Crippen molar-refractivity contribution in [2.45, 2.75) is 6.92 Å². The Bertz CT molecular complexity index is 2760. The van der Waals surface area contributed by atoms with Gasteiger partial charge in [0.1, 0.15) is 11.5 Å². The second kappa shape index (κ2) is 14.3. The maximum absolute atomic E-state index is 10.2. The Morgan fingerprint density at radius 3 is 1.20 bits per heavy atom. The highest BCUT2D eigenvalue weighted by atomic mass is 16.3. The Hall–Kier alpha value is -7.30. The van der Waals surface area contributed by atoms with Crippen molar-refractivity contribution in [3.8, 4) is 33.8 Å². The molecule has 4 nitrogen and oxygen atoms in total. The third kappa shape index (κ3) is 6.51. The summed E-state index contributed by atoms with van der Waals surface area (Å²) in [7, 11) is 0. The maximum Gasteiger partial charge on any atom is 0.115 e. The van der Waals surface area contributed by atoms with Crippen molar-refractivity contribution in [3.63, 3.8) is 0 Å². The second-order valence-corrected chi connectivity index (χ2v) is 13.8. The normalized spacial score (nSPS) is 11.1. The molecule has 0 heterocycles. The molecule has 9 rings (SSSR count). The van der Waals surface area contributed by atoms with Crippen LogP contribution in [0, 0.1) is 6.92 Å². The van der Waals surface area contributed by atoms with E-state index < -0.39 is 0 Å². The molecule has 0 aliphatic heterocycles. The molecule has 9 aromatic rings. The number of fused-ring (bicyclic) bond motifs is 2. The largest absolute Gasteiger partial charge is 0.508 e. The van der Waals surface area contributed by atoms with Gasteiger partial charge in [0.05, 0.1) is 11.4 Å². The van der Waals surface area contributed by atoms with Gasteiger partial charge in [-0.3, -0.25) is 0 Å². The Kier molecular flexibility index (Phi) is 8.69. The highest BCUT2D eigenvalue weighted by molar-refractivity contribution is 6.00. The first-order valence-electron chi connectivity index (χ1n) is 18.5. The number of benzene rings is 9. The van der Waals surface area contributed by atoms with Gasteiger partial charge in [-0.25, -0.2) is 0 Å². The molecule has 0 amide bonds. The van der Waals surface area contributed by atoms with E-state index in [1.54, 1.807) is 18.2 Å². The summed E-state index contributed by atoms with van der Waals surface area (Å²) in [5.74, 6) is 0.495. The first-order chi connectivity index (χ1) is 27.0. The van der Waals surface area contributed by atoms with Gasteiger partial charge in [-0.15, -0.1) is 0 Å². The van der Waals surface area contributed by atoms with Gasteiger partial charge < -0.3 is 20.0 Å². The molecule has 55 heavy (non-hydrogen) atoms. The van der Waals surface area contributed by atoms with Crippen molar-refractivity contribution in [2.75, 3.05) is 9.80 Å². The van der Waals surface area contributed by atoms with Crippen LogP contribution in [0.3, 0.4) is 0 Å². The molecule has 0 unspecified atom stereocenters. The van der Waals surface area contributed by atoms with Crippen LogP contribution >= 0.6 is 0 Å². The number of aryl methyl sites for hydroxylation is 1. The van der Waals surface area contributed by atoms with Gasteiger partial charge in [-0.1, -0.05) is 121 Å². The van der Waals surface area contributed by atoms with E-state index in [4.69, 9.17) is 0 Å². The van der Waals surface area contributed by atoms with Crippen molar-refractivity contribution in [3.05, 3.63) is 206 Å². The van der Waals surface area contributed by atoms with E-state index in [1.165, 1.54) is 10.8 Å². The molecule has 0 saturated carbocycles. The van der Waals surface area contributed by atoms with Crippen molar-refractivity contribution >= 4 is 55.7 Å². The SMILES string of the molecule is Cc1cc(O)ccc1N(c1ccc(-c2ccc(-c3ccc(N(c4ccc(O)cc4)c4cccc5ccccc45)cc3)cc2)cc1)c1cccc2ccccc12. The Balaban J connectivity index is 1.01. The van der Waals surface area contributed by atoms with Crippen LogP contribution in [-0.4, -0.2) is 10.2 Å². The molecule has 0 spiro atoms. The Morgan fingerprint density at radius 1 is 0.327 bits per heavy atom. The molecule has 0 radical (unpaired) electrons. The van der Waals surface area contributed by atoms with Gasteiger partial charge in [0.25, 0.3) is 0 Å². The zero-order chi connectivity index (χ0) is 37.3. The van der Waals surface area contributed by atoms with Crippen LogP contribution in [0.5, 0.6) is 11.5 Å². The molecule has 0 aromatic heterocycles. The van der Waals surface area contributed by atoms with E-state index in [2.05, 4.69) is 168 Å². The van der Waals surface area contributed by atoms with Crippen molar-refractivity contribution in [1.82, 2.24) is 0 Å². The quantitative estimate of drug-likeness (QED) is 0.165. The highest BCUT2D eigenvalue weighted by Gasteiger charge is 2.18. The van der Waals surface area contributed by atoms with Gasteiger partial charge in [-0.05, 0) is 124 Å². The zero-order valence-corrected chi connectivity index (χ0v) is 30.3. The lowest BCUT2D eigenvalue weighted by Crippen LogP contribution is -2.11. The topological polar surface area (TPSA) is 46.9 Å². The Morgan fingerprint density at radius 2 is 0.709 bits per heavy atom. The number of nitrogens with zero attached hydrogens (tertiary/aromatic N) is 2. The number of hydrogen-bond donors (Lipinski definition) is 2. The molecule has 0 fully saturated rings. The summed E-state index contributed by atoms with van der Waals surface area (Å²) in [5, 5.41) is 24.9. The maximum atomic E-state index is 10.2. The molecule has 2 N–H and O–H groups in total. The standard InChI is InChI=1S/C51H38N2O2/c1-35-34-46(55)32-33-49(35)53(51-15-7-11-41-9-3-5-13-48(41)51)44-26-22-39(23-27-44)37-18-16-36(17-19-37)38-20-24-42(25-21-38)52(43-28-30-45(54)31-29-43)50-14-6-10-40-8-2-4-12-47(40)50/h2-34,54-55H,1H3. The van der Waals surface area contributed by atoms with Crippen molar-refractivity contribution in [2.24, 2.45) is 0 Å². The molecule has 0 aliphatic carbocycles. The van der Waals surface area contributed by atoms with Crippen LogP contribution < -0.4 is 9.80 Å². The van der Waals surface area contributed by atoms with Gasteiger partial charge in [0.15, 0.2) is 0 Å². The summed E-state index contributed by atoms with van der Waals surface area (Å²) in [6.45, 7) is 2.04. The summed E-state index contributed by atoms with van der Waals surface area (Å²) in [4.78, 5) is 4.51. The van der Waals surface area contributed by atoms with E-state index >= 15 is 0 Å². The number of hydrogen-bond acceptors (Lipinski definition) is 4. The lowest BCUT2D eigenvalue weighted by molar-refractivity contribution is 0.474. The van der Waals surface area contributed by atoms with E-state index in [-0.39, 0.29) is 11.5 Å². The van der Waals surface area contributed by atoms with Gasteiger partial charge in [0.2, 0.25) is 0 Å². The first kappa shape index (κ1) is 33.5. The van der Waals surface area contributed by atoms with Crippen LogP contribution in [0.2, 0.25) is 0 Å². The number of aromatic hydroxyl groups is 2. The fourth-order valence-corrected chi connectivity index (χ4v) is 7.60. The lowest BCUT2D eigenvalue weighted by atomic mass is 9.99. The minimum atomic E-state index is 0.239. The molecule has 9 aromatic carbocycles. The predicted octanol–water partition coefficient (Wildman–Crippen LogP) is 14.0. The highest BCUT2D eigenvalue weighted by Crippen LogP contribution is 2.43. The summed E-state index contributed by atoms with van der Waals surface area (Å²) in [6.07, 6.45) is 0. The number of rotatable bonds is 8. The third-order valence-electron chi connectivity index (χ3n) is 10.3. The minimum absolute atomic E-state index is 0.239. The molecule has 264 valence electrons. The monoisotopic (exact) mass is 710 g/mol. The molecule has 0 saturated heterocycles. The fourth-order valence-electron chi connectivity index (χ4n) is 7.60. The van der Waals surface area contributed by atoms with Crippen LogP contribution in [0.4, 0.5) is 34.1 Å². The van der Waals surface area contributed by atoms with E-state index in [0.717, 1.165) is 72.7 Å². The zero-order valence-electron chi connectivity index (χ0n) is 30.3. The molecule has 0 atom stereocenters. The van der Waals surface area contributed by atoms with E-state index in [1.807, 2.05) is 31.2 Å². The predicted molar refractivity (Wildman–Crippen MR) is 230 cm³/mol. The molecular weight excluding hydrogens is 673 g/mol. The molecule has 0 aliphatic rings. The number of anilines is 6. The lowest BCUT2D eigenvalue weighted by Gasteiger charge is -2.28. The summed E-state index contributed by atoms with van der Waals surface area (Å²) in [6, 6.07) is 68.6. The van der Waals surface area contributed by atoms with Crippen molar-refractivity contribution in [1.29, 1.82) is 0 Å². The smallest absolute Gasteiger partial charge is 0.115 e. The molecule has 0 bridgehead atoms. The average molecular weight is 711 g/mol. The number of phenols is 2. The van der Waals surface area contributed by atoms with Gasteiger partial charge in [0, 0.05) is 33.5 Å². The summed E-state index contributed by atoms with van der Waals surface area (Å²) < 4.78 is 0. The fraction of sp³-hybridized carbons (Fsp3) is 0.0196. The van der Waals surface area contributed by atoms with E-state index in [9.17, 15) is 10.2 Å². The minimum Gasteiger partial charge on any atom is -0.508 e. The van der Waals surface area contributed by atoms with Crippen molar-refractivity contribution < 1.29 is 10.2 Å². The van der Waals surface area contributed by atoms with Crippen LogP contribution in [0.1, 0.15) is 5.56 Å². The first-order valence-corrected chi connectivity index (χ1v) is 18.5. The van der Waals surface area contributed by atoms with Gasteiger partial charge in [-0.2, -0.15) is 0 Å². The van der Waals surface area contributed by atoms with E-state index in [0.29, 0.717) is 0 Å². The number of phenolic OH excluding ortho intramolecular Hbond substituents is 2. The summed E-state index contributed by atoms with van der Waals surface area (Å²) in [5.41, 5.74) is 11.7. The summed E-state index contributed by atoms with van der Waals surface area (Å²) >= 11 is 0. The van der Waals surface area contributed by atoms with Crippen LogP contribution in [-0.2, 0) is 0 Å². The molecule has 4 heteroatoms. The van der Waals surface area contributed by atoms with Gasteiger partial charge >= 0.3 is 0 Å². The van der Waals surface area contributed by atoms with Crippen LogP contribution in [0.15, 0.2) is 200 Å². The Labute approximate surface area is 321 Å². The third-order valence-corrected chi connectivity index (χ3v) is 10.3. The second-order valence-electron chi connectivity index (χ2n) is 13.8.